The van der Waals surface area contributed by atoms with Crippen LogP contribution in [0.2, 0.25) is 0 Å². The van der Waals surface area contributed by atoms with E-state index in [1.165, 1.54) is 12.1 Å². The van der Waals surface area contributed by atoms with Crippen molar-refractivity contribution in [2.24, 2.45) is 4.40 Å². The molecule has 1 atom stereocenters. The highest BCUT2D eigenvalue weighted by atomic mass is 32.2. The Bertz CT molecular complexity index is 727. The molecule has 1 heterocycles. The Morgan fingerprint density at radius 3 is 2.75 bits per heavy atom. The van der Waals surface area contributed by atoms with E-state index in [9.17, 15) is 17.4 Å². The molecule has 2 rings (SSSR count). The molecule has 11 heteroatoms. The fraction of sp³-hybridized carbons (Fsp3) is 0.111. The van der Waals surface area contributed by atoms with E-state index in [4.69, 9.17) is 9.66 Å². The van der Waals surface area contributed by atoms with Gasteiger partial charge in [-0.15, -0.1) is 4.40 Å². The molecule has 0 aromatic heterocycles. The highest BCUT2D eigenvalue weighted by molar-refractivity contribution is 7.90. The first kappa shape index (κ1) is 14.4. The van der Waals surface area contributed by atoms with Crippen molar-refractivity contribution >= 4 is 44.5 Å². The van der Waals surface area contributed by atoms with Crippen LogP contribution in [-0.2, 0) is 26.1 Å². The third-order valence-electron chi connectivity index (χ3n) is 2.29. The average molecular weight is 319 g/mol. The van der Waals surface area contributed by atoms with Gasteiger partial charge >= 0.3 is 5.97 Å². The molecule has 20 heavy (non-hydrogen) atoms. The van der Waals surface area contributed by atoms with E-state index in [0.29, 0.717) is 0 Å². The number of carbonyl (C=O) groups is 1. The number of amidine groups is 1. The minimum Gasteiger partial charge on any atom is -0.481 e. The maximum atomic E-state index is 11.9. The van der Waals surface area contributed by atoms with Gasteiger partial charge in [-0.2, -0.15) is 8.42 Å². The Labute approximate surface area is 116 Å². The van der Waals surface area contributed by atoms with Crippen LogP contribution >= 0.6 is 0 Å². The van der Waals surface area contributed by atoms with Gasteiger partial charge in [-0.1, -0.05) is 0 Å². The molecule has 0 bridgehead atoms. The summed E-state index contributed by atoms with van der Waals surface area (Å²) in [5.74, 6) is -1.42. The minimum atomic E-state index is -4.05. The molecule has 0 radical (unpaired) electrons. The molecular weight excluding hydrogens is 310 g/mol. The van der Waals surface area contributed by atoms with Crippen molar-refractivity contribution in [3.63, 3.8) is 0 Å². The summed E-state index contributed by atoms with van der Waals surface area (Å²) in [7, 11) is -4.05. The number of carboxylic acids is 1. The Balaban J connectivity index is 2.42. The van der Waals surface area contributed by atoms with Crippen molar-refractivity contribution in [3.8, 4) is 0 Å². The second-order valence-electron chi connectivity index (χ2n) is 3.77. The van der Waals surface area contributed by atoms with Crippen LogP contribution < -0.4 is 10.0 Å². The fourth-order valence-electron chi connectivity index (χ4n) is 1.60. The predicted octanol–water partition coefficient (Wildman–Crippen LogP) is 0.223. The number of carboxylic acid groups (broad SMARTS) is 1. The number of anilines is 2. The molecular formula is C9H9N3O6S2. The number of fused-ring (bicyclic) bond motifs is 1. The fourth-order valence-corrected chi connectivity index (χ4v) is 3.10. The number of hydrogen-bond donors (Lipinski definition) is 4. The van der Waals surface area contributed by atoms with Crippen LogP contribution in [0, 0.1) is 0 Å². The molecule has 0 saturated heterocycles. The van der Waals surface area contributed by atoms with E-state index in [-0.39, 0.29) is 22.1 Å². The molecule has 9 nitrogen and oxygen atoms in total. The quantitative estimate of drug-likeness (QED) is 0.581. The van der Waals surface area contributed by atoms with Crippen LogP contribution in [0.4, 0.5) is 11.4 Å². The standard InChI is InChI=1S/C9H9N3O6S2/c13-9(14)4-8-10-6-2-1-5(11-19(15)16)3-7(6)20(17,18)12-8/h1-3,11H,4H2,(H,10,12)(H,13,14)(H,15,16). The van der Waals surface area contributed by atoms with Crippen molar-refractivity contribution in [2.75, 3.05) is 10.0 Å². The van der Waals surface area contributed by atoms with Crippen LogP contribution in [-0.4, -0.2) is 34.1 Å². The first-order chi connectivity index (χ1) is 9.28. The van der Waals surface area contributed by atoms with Crippen molar-refractivity contribution in [3.05, 3.63) is 18.2 Å². The lowest BCUT2D eigenvalue weighted by Crippen LogP contribution is -2.24. The van der Waals surface area contributed by atoms with Gasteiger partial charge in [0.25, 0.3) is 21.3 Å². The number of nitrogens with zero attached hydrogens (tertiary/aromatic N) is 1. The average Bonchev–Trinajstić information content (AvgIpc) is 2.27. The molecule has 1 aromatic carbocycles. The molecule has 4 N–H and O–H groups in total. The molecule has 0 fully saturated rings. The van der Waals surface area contributed by atoms with E-state index in [2.05, 4.69) is 14.4 Å². The summed E-state index contributed by atoms with van der Waals surface area (Å²) in [5.41, 5.74) is 0.275. The maximum absolute atomic E-state index is 11.9. The summed E-state index contributed by atoms with van der Waals surface area (Å²) in [6, 6.07) is 3.85. The van der Waals surface area contributed by atoms with E-state index in [0.717, 1.165) is 6.07 Å². The lowest BCUT2D eigenvalue weighted by atomic mass is 10.2. The lowest BCUT2D eigenvalue weighted by Gasteiger charge is -2.18. The summed E-state index contributed by atoms with van der Waals surface area (Å²) in [5, 5.41) is 11.2. The van der Waals surface area contributed by atoms with Crippen LogP contribution in [0.3, 0.4) is 0 Å². The first-order valence-corrected chi connectivity index (χ1v) is 7.67. The number of aliphatic carboxylic acids is 1. The van der Waals surface area contributed by atoms with Gasteiger partial charge in [0, 0.05) is 5.69 Å². The molecule has 0 aliphatic carbocycles. The van der Waals surface area contributed by atoms with Crippen LogP contribution in [0.5, 0.6) is 0 Å². The van der Waals surface area contributed by atoms with Gasteiger partial charge in [-0.25, -0.2) is 4.21 Å². The first-order valence-electron chi connectivity index (χ1n) is 5.12. The van der Waals surface area contributed by atoms with Gasteiger partial charge in [0.1, 0.15) is 17.2 Å². The molecule has 0 amide bonds. The van der Waals surface area contributed by atoms with Crippen LogP contribution in [0.15, 0.2) is 27.5 Å². The van der Waals surface area contributed by atoms with E-state index < -0.39 is 33.7 Å². The number of benzene rings is 1. The third-order valence-corrected chi connectivity index (χ3v) is 4.06. The largest absolute Gasteiger partial charge is 0.481 e. The summed E-state index contributed by atoms with van der Waals surface area (Å²) < 4.78 is 48.6. The van der Waals surface area contributed by atoms with Crippen molar-refractivity contribution in [1.29, 1.82) is 0 Å². The van der Waals surface area contributed by atoms with Gasteiger partial charge in [-0.05, 0) is 18.2 Å². The van der Waals surface area contributed by atoms with Crippen molar-refractivity contribution in [1.82, 2.24) is 0 Å². The Kier molecular flexibility index (Phi) is 3.74. The normalized spacial score (nSPS) is 17.4. The van der Waals surface area contributed by atoms with Crippen molar-refractivity contribution in [2.45, 2.75) is 11.3 Å². The highest BCUT2D eigenvalue weighted by Gasteiger charge is 2.26. The van der Waals surface area contributed by atoms with Crippen LogP contribution in [0.1, 0.15) is 6.42 Å². The minimum absolute atomic E-state index is 0.117. The predicted molar refractivity (Wildman–Crippen MR) is 71.3 cm³/mol. The molecule has 108 valence electrons. The summed E-state index contributed by atoms with van der Waals surface area (Å²) >= 11 is -2.34. The van der Waals surface area contributed by atoms with Gasteiger partial charge in [0.15, 0.2) is 0 Å². The van der Waals surface area contributed by atoms with Gasteiger partial charge < -0.3 is 10.4 Å². The zero-order valence-corrected chi connectivity index (χ0v) is 11.4. The topological polar surface area (TPSA) is 145 Å². The number of hydrogen-bond acceptors (Lipinski definition) is 5. The molecule has 1 aromatic rings. The molecule has 0 spiro atoms. The maximum Gasteiger partial charge on any atom is 0.311 e. The van der Waals surface area contributed by atoms with E-state index in [1.807, 2.05) is 0 Å². The van der Waals surface area contributed by atoms with E-state index >= 15 is 0 Å². The second kappa shape index (κ2) is 5.19. The Morgan fingerprint density at radius 2 is 2.15 bits per heavy atom. The number of sulfonamides is 1. The number of rotatable bonds is 4. The molecule has 1 aliphatic heterocycles. The van der Waals surface area contributed by atoms with Gasteiger partial charge in [0.2, 0.25) is 0 Å². The highest BCUT2D eigenvalue weighted by Crippen LogP contribution is 2.30. The second-order valence-corrected chi connectivity index (χ2v) is 6.05. The van der Waals surface area contributed by atoms with Gasteiger partial charge in [-0.3, -0.25) is 14.1 Å². The smallest absolute Gasteiger partial charge is 0.311 e. The van der Waals surface area contributed by atoms with Gasteiger partial charge in [0.05, 0.1) is 5.69 Å². The monoisotopic (exact) mass is 319 g/mol. The SMILES string of the molecule is O=C(O)CC1=NS(=O)(=O)c2cc(NS(=O)O)ccc2N1. The Hall–Kier alpha value is -1.98. The Morgan fingerprint density at radius 1 is 1.45 bits per heavy atom. The molecule has 1 aliphatic rings. The molecule has 1 unspecified atom stereocenters. The zero-order chi connectivity index (χ0) is 14.9. The van der Waals surface area contributed by atoms with Crippen LogP contribution in [0.25, 0.3) is 0 Å². The summed E-state index contributed by atoms with van der Waals surface area (Å²) in [6.45, 7) is 0. The third kappa shape index (κ3) is 3.12. The summed E-state index contributed by atoms with van der Waals surface area (Å²) in [4.78, 5) is 10.4. The number of nitrogens with one attached hydrogen (secondary N) is 2. The van der Waals surface area contributed by atoms with Crippen molar-refractivity contribution < 1.29 is 27.1 Å². The molecule has 0 saturated carbocycles. The zero-order valence-electron chi connectivity index (χ0n) is 9.73. The lowest BCUT2D eigenvalue weighted by molar-refractivity contribution is -0.135. The summed E-state index contributed by atoms with van der Waals surface area (Å²) in [6.07, 6.45) is -0.556. The van der Waals surface area contributed by atoms with E-state index in [1.54, 1.807) is 0 Å².